The molecule has 7 heteroatoms. The number of aromatic amines is 1. The maximum Gasteiger partial charge on any atom is 0.417 e. The molecule has 0 saturated carbocycles. The summed E-state index contributed by atoms with van der Waals surface area (Å²) in [5, 5.41) is 0. The van der Waals surface area contributed by atoms with Crippen LogP contribution in [0.5, 0.6) is 0 Å². The fraction of sp³-hybridized carbons (Fsp3) is 0.0833. The fourth-order valence-electron chi connectivity index (χ4n) is 1.90. The molecule has 1 aromatic carbocycles. The van der Waals surface area contributed by atoms with Gasteiger partial charge in [0.25, 0.3) is 0 Å². The summed E-state index contributed by atoms with van der Waals surface area (Å²) in [6.07, 6.45) is 0. The van der Waals surface area contributed by atoms with Crippen molar-refractivity contribution in [3.63, 3.8) is 0 Å². The summed E-state index contributed by atoms with van der Waals surface area (Å²) in [6.45, 7) is 0. The Hall–Kier alpha value is -1.27. The van der Waals surface area contributed by atoms with Crippen LogP contribution in [-0.4, -0.2) is 4.98 Å². The number of benzene rings is 1. The fourth-order valence-corrected chi connectivity index (χ4v) is 3.45. The quantitative estimate of drug-likeness (QED) is 0.760. The van der Waals surface area contributed by atoms with Gasteiger partial charge in [-0.2, -0.15) is 0 Å². The van der Waals surface area contributed by atoms with Gasteiger partial charge in [-0.05, 0) is 23.8 Å². The molecule has 19 heavy (non-hydrogen) atoms. The summed E-state index contributed by atoms with van der Waals surface area (Å²) >= 11 is 13.3. The number of nitrogens with two attached hydrogens (primary N) is 1. The second kappa shape index (κ2) is 4.68. The van der Waals surface area contributed by atoms with Crippen LogP contribution < -0.4 is 11.5 Å². The lowest BCUT2D eigenvalue weighted by Crippen LogP contribution is -2.11. The van der Waals surface area contributed by atoms with E-state index in [0.717, 1.165) is 11.1 Å². The lowest BCUT2D eigenvalue weighted by molar-refractivity contribution is 0.555. The number of hydrogen-bond donors (Lipinski definition) is 2. The van der Waals surface area contributed by atoms with Gasteiger partial charge in [0, 0.05) is 5.56 Å². The SMILES string of the molecule is NC(c1ccc2[nH]c(=O)oc2c1)c1cc(Cl)sc1Cl. The minimum Gasteiger partial charge on any atom is -0.408 e. The number of aromatic nitrogens is 1. The van der Waals surface area contributed by atoms with E-state index in [2.05, 4.69) is 4.98 Å². The van der Waals surface area contributed by atoms with Crippen molar-refractivity contribution in [1.82, 2.24) is 4.98 Å². The van der Waals surface area contributed by atoms with Gasteiger partial charge < -0.3 is 10.2 Å². The summed E-state index contributed by atoms with van der Waals surface area (Å²) in [5.74, 6) is -0.489. The standard InChI is InChI=1S/C12H8Cl2N2O2S/c13-9-4-6(11(14)19-9)10(15)5-1-2-7-8(3-5)18-12(17)16-7/h1-4,10H,15H2,(H,16,17). The first kappa shape index (κ1) is 12.7. The lowest BCUT2D eigenvalue weighted by atomic mass is 10.0. The lowest BCUT2D eigenvalue weighted by Gasteiger charge is -2.10. The van der Waals surface area contributed by atoms with E-state index in [9.17, 15) is 4.79 Å². The van der Waals surface area contributed by atoms with Crippen molar-refractivity contribution in [2.24, 2.45) is 5.73 Å². The number of oxazole rings is 1. The molecule has 0 fully saturated rings. The molecule has 2 heterocycles. The molecule has 98 valence electrons. The summed E-state index contributed by atoms with van der Waals surface area (Å²) in [4.78, 5) is 13.7. The third-order valence-electron chi connectivity index (χ3n) is 2.82. The van der Waals surface area contributed by atoms with Crippen molar-refractivity contribution in [2.75, 3.05) is 0 Å². The van der Waals surface area contributed by atoms with Crippen LogP contribution in [0.2, 0.25) is 8.67 Å². The van der Waals surface area contributed by atoms with Crippen LogP contribution in [0.25, 0.3) is 11.1 Å². The molecular weight excluding hydrogens is 307 g/mol. The van der Waals surface area contributed by atoms with E-state index in [1.807, 2.05) is 6.07 Å². The monoisotopic (exact) mass is 314 g/mol. The van der Waals surface area contributed by atoms with Crippen LogP contribution >= 0.6 is 34.5 Å². The Morgan fingerprint density at radius 2 is 2.11 bits per heavy atom. The summed E-state index contributed by atoms with van der Waals surface area (Å²) in [7, 11) is 0. The number of rotatable bonds is 2. The van der Waals surface area contributed by atoms with Crippen molar-refractivity contribution < 1.29 is 4.42 Å². The van der Waals surface area contributed by atoms with Gasteiger partial charge in [-0.15, -0.1) is 11.3 Å². The molecule has 3 N–H and O–H groups in total. The van der Waals surface area contributed by atoms with Crippen molar-refractivity contribution >= 4 is 45.6 Å². The number of thiophene rings is 1. The predicted molar refractivity (Wildman–Crippen MR) is 77.2 cm³/mol. The highest BCUT2D eigenvalue weighted by atomic mass is 35.5. The smallest absolute Gasteiger partial charge is 0.408 e. The maximum atomic E-state index is 11.1. The largest absolute Gasteiger partial charge is 0.417 e. The van der Waals surface area contributed by atoms with Gasteiger partial charge in [-0.25, -0.2) is 4.79 Å². The molecule has 0 spiro atoms. The van der Waals surface area contributed by atoms with E-state index in [-0.39, 0.29) is 0 Å². The molecule has 3 aromatic rings. The Balaban J connectivity index is 2.08. The van der Waals surface area contributed by atoms with E-state index >= 15 is 0 Å². The van der Waals surface area contributed by atoms with E-state index in [1.165, 1.54) is 11.3 Å². The molecule has 1 unspecified atom stereocenters. The first-order valence-corrected chi connectivity index (χ1v) is 6.95. The molecule has 0 saturated heterocycles. The Kier molecular flexibility index (Phi) is 3.14. The van der Waals surface area contributed by atoms with Gasteiger partial charge in [0.2, 0.25) is 0 Å². The minimum atomic E-state index is -0.489. The number of H-pyrrole nitrogens is 1. The van der Waals surface area contributed by atoms with Crippen LogP contribution in [0, 0.1) is 0 Å². The topological polar surface area (TPSA) is 72.0 Å². The normalized spacial score (nSPS) is 13.0. The van der Waals surface area contributed by atoms with Gasteiger partial charge >= 0.3 is 5.76 Å². The third-order valence-corrected chi connectivity index (χ3v) is 4.34. The zero-order valence-electron chi connectivity index (χ0n) is 9.44. The van der Waals surface area contributed by atoms with Crippen molar-refractivity contribution in [2.45, 2.75) is 6.04 Å². The zero-order chi connectivity index (χ0) is 13.6. The molecule has 0 bridgehead atoms. The van der Waals surface area contributed by atoms with Gasteiger partial charge in [0.15, 0.2) is 5.58 Å². The van der Waals surface area contributed by atoms with Crippen LogP contribution in [0.3, 0.4) is 0 Å². The molecule has 3 rings (SSSR count). The first-order valence-electron chi connectivity index (χ1n) is 5.37. The van der Waals surface area contributed by atoms with Crippen LogP contribution in [0.4, 0.5) is 0 Å². The van der Waals surface area contributed by atoms with Gasteiger partial charge in [-0.1, -0.05) is 29.3 Å². The molecule has 0 aliphatic rings. The summed E-state index contributed by atoms with van der Waals surface area (Å²) < 4.78 is 6.16. The van der Waals surface area contributed by atoms with Crippen molar-refractivity contribution in [3.05, 3.63) is 54.6 Å². The minimum absolute atomic E-state index is 0.416. The average Bonchev–Trinajstić information content (AvgIpc) is 2.88. The Bertz CT molecular complexity index is 806. The van der Waals surface area contributed by atoms with E-state index in [0.29, 0.717) is 19.8 Å². The van der Waals surface area contributed by atoms with Gasteiger partial charge in [0.05, 0.1) is 20.2 Å². The van der Waals surface area contributed by atoms with Crippen LogP contribution in [-0.2, 0) is 0 Å². The van der Waals surface area contributed by atoms with Crippen LogP contribution in [0.1, 0.15) is 17.2 Å². The molecule has 2 aromatic heterocycles. The third kappa shape index (κ3) is 2.30. The second-order valence-electron chi connectivity index (χ2n) is 4.03. The van der Waals surface area contributed by atoms with E-state index in [1.54, 1.807) is 18.2 Å². The number of halogens is 2. The molecule has 0 radical (unpaired) electrons. The predicted octanol–water partition coefficient (Wildman–Crippen LogP) is 3.54. The Morgan fingerprint density at radius 1 is 1.32 bits per heavy atom. The van der Waals surface area contributed by atoms with Gasteiger partial charge in [0.1, 0.15) is 0 Å². The number of hydrogen-bond acceptors (Lipinski definition) is 4. The Morgan fingerprint density at radius 3 is 2.79 bits per heavy atom. The highest BCUT2D eigenvalue weighted by molar-refractivity contribution is 7.20. The zero-order valence-corrected chi connectivity index (χ0v) is 11.8. The molecule has 1 atom stereocenters. The van der Waals surface area contributed by atoms with E-state index in [4.69, 9.17) is 33.4 Å². The summed E-state index contributed by atoms with van der Waals surface area (Å²) in [5.41, 5.74) is 8.82. The first-order chi connectivity index (χ1) is 9.04. The molecule has 0 aliphatic heterocycles. The van der Waals surface area contributed by atoms with Crippen LogP contribution in [0.15, 0.2) is 33.5 Å². The molecule has 0 aliphatic carbocycles. The highest BCUT2D eigenvalue weighted by Crippen LogP contribution is 2.36. The molecule has 4 nitrogen and oxygen atoms in total. The number of fused-ring (bicyclic) bond motifs is 1. The van der Waals surface area contributed by atoms with Crippen molar-refractivity contribution in [3.8, 4) is 0 Å². The van der Waals surface area contributed by atoms with Gasteiger partial charge in [-0.3, -0.25) is 4.98 Å². The molecule has 0 amide bonds. The van der Waals surface area contributed by atoms with E-state index < -0.39 is 11.8 Å². The summed E-state index contributed by atoms with van der Waals surface area (Å²) in [6, 6.07) is 6.62. The highest BCUT2D eigenvalue weighted by Gasteiger charge is 2.16. The van der Waals surface area contributed by atoms with Crippen molar-refractivity contribution in [1.29, 1.82) is 0 Å². The average molecular weight is 315 g/mol. The Labute approximate surface area is 121 Å². The number of nitrogens with one attached hydrogen (secondary N) is 1. The second-order valence-corrected chi connectivity index (χ2v) is 6.31. The molecular formula is C12H8Cl2N2O2S. The maximum absolute atomic E-state index is 11.1.